The van der Waals surface area contributed by atoms with E-state index in [9.17, 15) is 0 Å². The first-order valence-corrected chi connectivity index (χ1v) is 5.45. The van der Waals surface area contributed by atoms with Crippen LogP contribution in [0, 0.1) is 0 Å². The van der Waals surface area contributed by atoms with Gasteiger partial charge in [-0.1, -0.05) is 11.2 Å². The van der Waals surface area contributed by atoms with Crippen LogP contribution in [0.3, 0.4) is 0 Å². The molecule has 0 atom stereocenters. The molecule has 0 bridgehead atoms. The van der Waals surface area contributed by atoms with E-state index in [4.69, 9.17) is 10.9 Å². The van der Waals surface area contributed by atoms with Crippen LogP contribution in [0.5, 0.6) is 0 Å². The standard InChI is InChI=1S/C13H14N4O/c1-17(12-4-2-3-9-15-12)11-7-5-10(6-8-11)13(14)16-18/h2-9,18H,1H3,(H2,14,16). The van der Waals surface area contributed by atoms with Gasteiger partial charge in [-0.3, -0.25) is 0 Å². The minimum absolute atomic E-state index is 0.0991. The predicted octanol–water partition coefficient (Wildman–Crippen LogP) is 1.94. The van der Waals surface area contributed by atoms with Crippen LogP contribution >= 0.6 is 0 Å². The van der Waals surface area contributed by atoms with E-state index in [1.165, 1.54) is 0 Å². The van der Waals surface area contributed by atoms with E-state index in [0.29, 0.717) is 5.56 Å². The lowest BCUT2D eigenvalue weighted by Gasteiger charge is -2.18. The highest BCUT2D eigenvalue weighted by Gasteiger charge is 2.05. The fraction of sp³-hybridized carbons (Fsp3) is 0.0769. The third-order valence-corrected chi connectivity index (χ3v) is 2.65. The van der Waals surface area contributed by atoms with Crippen molar-refractivity contribution in [3.8, 4) is 0 Å². The van der Waals surface area contributed by atoms with Crippen LogP contribution in [0.2, 0.25) is 0 Å². The third kappa shape index (κ3) is 2.40. The Morgan fingerprint density at radius 1 is 1.22 bits per heavy atom. The van der Waals surface area contributed by atoms with Crippen LogP contribution in [0.15, 0.2) is 53.8 Å². The molecule has 1 heterocycles. The molecule has 2 rings (SSSR count). The highest BCUT2D eigenvalue weighted by Crippen LogP contribution is 2.21. The fourth-order valence-electron chi connectivity index (χ4n) is 1.60. The van der Waals surface area contributed by atoms with Gasteiger partial charge in [-0.2, -0.15) is 0 Å². The average molecular weight is 242 g/mol. The highest BCUT2D eigenvalue weighted by atomic mass is 16.4. The van der Waals surface area contributed by atoms with Gasteiger partial charge in [-0.05, 0) is 36.4 Å². The van der Waals surface area contributed by atoms with E-state index in [1.54, 1.807) is 18.3 Å². The van der Waals surface area contributed by atoms with E-state index >= 15 is 0 Å². The lowest BCUT2D eigenvalue weighted by atomic mass is 10.2. The van der Waals surface area contributed by atoms with Gasteiger partial charge in [0.1, 0.15) is 5.82 Å². The number of rotatable bonds is 3. The summed E-state index contributed by atoms with van der Waals surface area (Å²) in [5.41, 5.74) is 7.16. The molecule has 0 aliphatic carbocycles. The van der Waals surface area contributed by atoms with Gasteiger partial charge in [0.2, 0.25) is 0 Å². The zero-order valence-corrected chi connectivity index (χ0v) is 9.99. The normalized spacial score (nSPS) is 11.3. The van der Waals surface area contributed by atoms with Gasteiger partial charge >= 0.3 is 0 Å². The van der Waals surface area contributed by atoms with Crippen LogP contribution in [0.4, 0.5) is 11.5 Å². The van der Waals surface area contributed by atoms with E-state index < -0.39 is 0 Å². The SMILES string of the molecule is CN(c1ccc(C(N)=NO)cc1)c1ccccn1. The Hall–Kier alpha value is -2.56. The summed E-state index contributed by atoms with van der Waals surface area (Å²) < 4.78 is 0. The van der Waals surface area contributed by atoms with Gasteiger partial charge in [0.15, 0.2) is 5.84 Å². The van der Waals surface area contributed by atoms with Crippen molar-refractivity contribution in [2.75, 3.05) is 11.9 Å². The number of anilines is 2. The van der Waals surface area contributed by atoms with Gasteiger partial charge in [0.05, 0.1) is 0 Å². The monoisotopic (exact) mass is 242 g/mol. The molecule has 2 aromatic rings. The Kier molecular flexibility index (Phi) is 3.43. The molecule has 0 spiro atoms. The zero-order valence-electron chi connectivity index (χ0n) is 9.99. The van der Waals surface area contributed by atoms with Crippen molar-refractivity contribution in [3.63, 3.8) is 0 Å². The summed E-state index contributed by atoms with van der Waals surface area (Å²) in [5, 5.41) is 11.5. The Bertz CT molecular complexity index is 537. The molecule has 0 radical (unpaired) electrons. The first-order valence-electron chi connectivity index (χ1n) is 5.45. The molecule has 5 heteroatoms. The van der Waals surface area contributed by atoms with E-state index in [-0.39, 0.29) is 5.84 Å². The molecule has 0 amide bonds. The summed E-state index contributed by atoms with van der Waals surface area (Å²) in [6, 6.07) is 13.1. The van der Waals surface area contributed by atoms with Gasteiger partial charge in [-0.25, -0.2) is 4.98 Å². The number of nitrogens with two attached hydrogens (primary N) is 1. The number of oxime groups is 1. The van der Waals surface area contributed by atoms with Gasteiger partial charge in [0.25, 0.3) is 0 Å². The van der Waals surface area contributed by atoms with E-state index in [1.807, 2.05) is 42.3 Å². The van der Waals surface area contributed by atoms with Crippen molar-refractivity contribution in [2.45, 2.75) is 0 Å². The molecule has 0 aliphatic heterocycles. The number of aromatic nitrogens is 1. The lowest BCUT2D eigenvalue weighted by molar-refractivity contribution is 0.318. The topological polar surface area (TPSA) is 74.7 Å². The quantitative estimate of drug-likeness (QED) is 0.373. The summed E-state index contributed by atoms with van der Waals surface area (Å²) in [6.07, 6.45) is 1.75. The second-order valence-corrected chi connectivity index (χ2v) is 3.78. The second kappa shape index (κ2) is 5.18. The molecule has 18 heavy (non-hydrogen) atoms. The van der Waals surface area contributed by atoms with Gasteiger partial charge < -0.3 is 15.8 Å². The Morgan fingerprint density at radius 2 is 1.94 bits per heavy atom. The van der Waals surface area contributed by atoms with Crippen LogP contribution < -0.4 is 10.6 Å². The summed E-state index contributed by atoms with van der Waals surface area (Å²) in [4.78, 5) is 6.22. The van der Waals surface area contributed by atoms with Crippen molar-refractivity contribution in [1.82, 2.24) is 4.98 Å². The second-order valence-electron chi connectivity index (χ2n) is 3.78. The molecule has 1 aromatic carbocycles. The lowest BCUT2D eigenvalue weighted by Crippen LogP contribution is -2.14. The van der Waals surface area contributed by atoms with Gasteiger partial charge in [0, 0.05) is 24.5 Å². The number of pyridine rings is 1. The van der Waals surface area contributed by atoms with Crippen molar-refractivity contribution >= 4 is 17.3 Å². The Balaban J connectivity index is 2.25. The van der Waals surface area contributed by atoms with Crippen LogP contribution in [0.25, 0.3) is 0 Å². The fourth-order valence-corrected chi connectivity index (χ4v) is 1.60. The highest BCUT2D eigenvalue weighted by molar-refractivity contribution is 5.97. The molecule has 0 saturated heterocycles. The summed E-state index contributed by atoms with van der Waals surface area (Å²) in [6.45, 7) is 0. The minimum Gasteiger partial charge on any atom is -0.409 e. The summed E-state index contributed by atoms with van der Waals surface area (Å²) in [7, 11) is 1.93. The molecule has 0 fully saturated rings. The Labute approximate surface area is 105 Å². The molecule has 3 N–H and O–H groups in total. The van der Waals surface area contributed by atoms with Crippen LogP contribution in [-0.4, -0.2) is 23.1 Å². The van der Waals surface area contributed by atoms with Crippen molar-refractivity contribution in [3.05, 3.63) is 54.2 Å². The maximum absolute atomic E-state index is 8.59. The molecular formula is C13H14N4O. The molecule has 5 nitrogen and oxygen atoms in total. The van der Waals surface area contributed by atoms with E-state index in [0.717, 1.165) is 11.5 Å². The maximum atomic E-state index is 8.59. The van der Waals surface area contributed by atoms with Crippen LogP contribution in [0.1, 0.15) is 5.56 Å². The number of hydrogen-bond donors (Lipinski definition) is 2. The van der Waals surface area contributed by atoms with Crippen LogP contribution in [-0.2, 0) is 0 Å². The molecule has 92 valence electrons. The van der Waals surface area contributed by atoms with E-state index in [2.05, 4.69) is 10.1 Å². The first kappa shape index (κ1) is 11.9. The molecule has 0 aliphatic rings. The number of benzene rings is 1. The van der Waals surface area contributed by atoms with Crippen molar-refractivity contribution in [1.29, 1.82) is 0 Å². The zero-order chi connectivity index (χ0) is 13.0. The molecule has 1 aromatic heterocycles. The van der Waals surface area contributed by atoms with Crippen molar-refractivity contribution < 1.29 is 5.21 Å². The Morgan fingerprint density at radius 3 is 2.50 bits per heavy atom. The summed E-state index contributed by atoms with van der Waals surface area (Å²) in [5.74, 6) is 0.955. The largest absolute Gasteiger partial charge is 0.409 e. The number of amidine groups is 1. The predicted molar refractivity (Wildman–Crippen MR) is 71.3 cm³/mol. The smallest absolute Gasteiger partial charge is 0.170 e. The molecule has 0 saturated carbocycles. The summed E-state index contributed by atoms with van der Waals surface area (Å²) >= 11 is 0. The van der Waals surface area contributed by atoms with Gasteiger partial charge in [-0.15, -0.1) is 0 Å². The number of hydrogen-bond acceptors (Lipinski definition) is 4. The number of nitrogens with zero attached hydrogens (tertiary/aromatic N) is 3. The molecule has 0 unspecified atom stereocenters. The first-order chi connectivity index (χ1) is 8.72. The average Bonchev–Trinajstić information content (AvgIpc) is 2.47. The van der Waals surface area contributed by atoms with Crippen molar-refractivity contribution in [2.24, 2.45) is 10.9 Å². The minimum atomic E-state index is 0.0991. The maximum Gasteiger partial charge on any atom is 0.170 e. The molecular weight excluding hydrogens is 228 g/mol. The third-order valence-electron chi connectivity index (χ3n) is 2.65.